The van der Waals surface area contributed by atoms with Crippen LogP contribution in [0, 0.1) is 11.3 Å². The fourth-order valence-electron chi connectivity index (χ4n) is 3.24. The van der Waals surface area contributed by atoms with Crippen LogP contribution in [0.5, 0.6) is 5.75 Å². The van der Waals surface area contributed by atoms with Crippen molar-refractivity contribution in [2.45, 2.75) is 32.3 Å². The fourth-order valence-corrected chi connectivity index (χ4v) is 3.24. The van der Waals surface area contributed by atoms with Crippen LogP contribution in [0.4, 0.5) is 0 Å². The van der Waals surface area contributed by atoms with Gasteiger partial charge in [0.05, 0.1) is 7.11 Å². The van der Waals surface area contributed by atoms with Crippen LogP contribution in [0.25, 0.3) is 6.08 Å². The Hall–Kier alpha value is -3.39. The monoisotopic (exact) mass is 375 g/mol. The molecular weight excluding hydrogens is 354 g/mol. The molecule has 0 N–H and O–H groups in total. The van der Waals surface area contributed by atoms with Crippen LogP contribution in [0.15, 0.2) is 48.0 Å². The third kappa shape index (κ3) is 4.29. The molecule has 0 bridgehead atoms. The molecule has 0 fully saturated rings. The summed E-state index contributed by atoms with van der Waals surface area (Å²) in [5.41, 5.74) is 3.47. The minimum Gasteiger partial charge on any atom is -0.497 e. The Balaban J connectivity index is 1.70. The van der Waals surface area contributed by atoms with E-state index in [0.717, 1.165) is 19.3 Å². The average molecular weight is 375 g/mol. The Bertz CT molecular complexity index is 967. The Labute approximate surface area is 164 Å². The van der Waals surface area contributed by atoms with Crippen molar-refractivity contribution in [2.75, 3.05) is 7.11 Å². The van der Waals surface area contributed by atoms with E-state index < -0.39 is 12.1 Å². The van der Waals surface area contributed by atoms with E-state index in [9.17, 15) is 14.9 Å². The second-order valence-electron chi connectivity index (χ2n) is 6.69. The molecule has 0 heterocycles. The lowest BCUT2D eigenvalue weighted by molar-refractivity contribution is -0.141. The maximum atomic E-state index is 12.6. The number of hydrogen-bond donors (Lipinski definition) is 0. The lowest BCUT2D eigenvalue weighted by Gasteiger charge is -2.13. The smallest absolute Gasteiger partial charge is 0.349 e. The molecule has 0 aliphatic heterocycles. The summed E-state index contributed by atoms with van der Waals surface area (Å²) < 4.78 is 10.3. The number of rotatable bonds is 6. The molecule has 0 spiro atoms. The van der Waals surface area contributed by atoms with Gasteiger partial charge in [0.25, 0.3) is 0 Å². The van der Waals surface area contributed by atoms with E-state index >= 15 is 0 Å². The van der Waals surface area contributed by atoms with E-state index in [0.29, 0.717) is 16.9 Å². The van der Waals surface area contributed by atoms with Gasteiger partial charge in [-0.2, -0.15) is 5.26 Å². The zero-order chi connectivity index (χ0) is 20.1. The van der Waals surface area contributed by atoms with Crippen LogP contribution in [-0.2, 0) is 22.4 Å². The van der Waals surface area contributed by atoms with E-state index in [1.807, 2.05) is 18.2 Å². The number of ether oxygens (including phenoxy) is 2. The number of hydrogen-bond acceptors (Lipinski definition) is 5. The summed E-state index contributed by atoms with van der Waals surface area (Å²) in [6.45, 7) is 1.52. The van der Waals surface area contributed by atoms with Crippen LogP contribution in [0.3, 0.4) is 0 Å². The number of esters is 1. The standard InChI is InChI=1S/C23H21NO4/c1-15(22(25)19-9-8-17-4-3-5-18(17)13-19)28-23(26)20(14-24)12-16-6-10-21(27-2)11-7-16/h6-13,15H,3-5H2,1-2H3/b20-12+/t15-/m1/s1. The predicted molar refractivity (Wildman–Crippen MR) is 105 cm³/mol. The first-order valence-corrected chi connectivity index (χ1v) is 9.14. The third-order valence-corrected chi connectivity index (χ3v) is 4.80. The molecule has 1 aliphatic rings. The van der Waals surface area contributed by atoms with Gasteiger partial charge >= 0.3 is 5.97 Å². The van der Waals surface area contributed by atoms with Gasteiger partial charge in [-0.15, -0.1) is 0 Å². The number of nitrogens with zero attached hydrogens (tertiary/aromatic N) is 1. The summed E-state index contributed by atoms with van der Waals surface area (Å²) in [6, 6.07) is 14.4. The highest BCUT2D eigenvalue weighted by Gasteiger charge is 2.23. The third-order valence-electron chi connectivity index (χ3n) is 4.80. The first kappa shape index (κ1) is 19.4. The van der Waals surface area contributed by atoms with E-state index in [1.165, 1.54) is 24.1 Å². The molecule has 0 unspecified atom stereocenters. The van der Waals surface area contributed by atoms with Crippen molar-refractivity contribution in [3.8, 4) is 11.8 Å². The molecule has 0 radical (unpaired) electrons. The van der Waals surface area contributed by atoms with Gasteiger partial charge in [-0.3, -0.25) is 4.79 Å². The molecule has 0 saturated carbocycles. The van der Waals surface area contributed by atoms with Crippen molar-refractivity contribution in [3.63, 3.8) is 0 Å². The molecule has 142 valence electrons. The van der Waals surface area contributed by atoms with Crippen LogP contribution < -0.4 is 4.74 Å². The highest BCUT2D eigenvalue weighted by Crippen LogP contribution is 2.24. The van der Waals surface area contributed by atoms with Gasteiger partial charge in [-0.05, 0) is 67.2 Å². The molecule has 2 aromatic rings. The number of nitriles is 1. The number of ketones is 1. The Morgan fingerprint density at radius 3 is 2.50 bits per heavy atom. The topological polar surface area (TPSA) is 76.4 Å². The molecule has 0 saturated heterocycles. The van der Waals surface area contributed by atoms with Crippen molar-refractivity contribution in [3.05, 3.63) is 70.3 Å². The zero-order valence-electron chi connectivity index (χ0n) is 15.9. The van der Waals surface area contributed by atoms with E-state index in [2.05, 4.69) is 0 Å². The highest BCUT2D eigenvalue weighted by molar-refractivity contribution is 6.03. The molecule has 0 aromatic heterocycles. The lowest BCUT2D eigenvalue weighted by Crippen LogP contribution is -2.25. The molecule has 5 heteroatoms. The maximum Gasteiger partial charge on any atom is 0.349 e. The summed E-state index contributed by atoms with van der Waals surface area (Å²) in [4.78, 5) is 25.0. The number of benzene rings is 2. The van der Waals surface area contributed by atoms with E-state index in [4.69, 9.17) is 9.47 Å². The number of aryl methyl sites for hydroxylation is 2. The Morgan fingerprint density at radius 2 is 1.82 bits per heavy atom. The van der Waals surface area contributed by atoms with E-state index in [1.54, 1.807) is 37.4 Å². The lowest BCUT2D eigenvalue weighted by atomic mass is 10.0. The molecule has 0 amide bonds. The Morgan fingerprint density at radius 1 is 1.11 bits per heavy atom. The van der Waals surface area contributed by atoms with Crippen molar-refractivity contribution < 1.29 is 19.1 Å². The summed E-state index contributed by atoms with van der Waals surface area (Å²) >= 11 is 0. The van der Waals surface area contributed by atoms with Gasteiger partial charge in [-0.1, -0.05) is 24.3 Å². The summed E-state index contributed by atoms with van der Waals surface area (Å²) in [6.07, 6.45) is 3.55. The molecule has 5 nitrogen and oxygen atoms in total. The summed E-state index contributed by atoms with van der Waals surface area (Å²) in [5.74, 6) is -0.420. The predicted octanol–water partition coefficient (Wildman–Crippen LogP) is 3.91. The largest absolute Gasteiger partial charge is 0.497 e. The molecule has 1 aliphatic carbocycles. The molecule has 28 heavy (non-hydrogen) atoms. The number of Topliss-reactive ketones (excluding diaryl/α,β-unsaturated/α-hetero) is 1. The van der Waals surface area contributed by atoms with Gasteiger partial charge in [0, 0.05) is 5.56 Å². The minimum absolute atomic E-state index is 0.168. The SMILES string of the molecule is COc1ccc(/C=C(\C#N)C(=O)O[C@H](C)C(=O)c2ccc3c(c2)CCC3)cc1. The molecule has 2 aromatic carbocycles. The molecule has 1 atom stereocenters. The van der Waals surface area contributed by atoms with Crippen molar-refractivity contribution in [1.29, 1.82) is 5.26 Å². The van der Waals surface area contributed by atoms with Crippen LogP contribution in [-0.4, -0.2) is 25.0 Å². The summed E-state index contributed by atoms with van der Waals surface area (Å²) in [7, 11) is 1.56. The average Bonchev–Trinajstić information content (AvgIpc) is 3.19. The first-order chi connectivity index (χ1) is 13.5. The summed E-state index contributed by atoms with van der Waals surface area (Å²) in [5, 5.41) is 9.30. The van der Waals surface area contributed by atoms with Gasteiger partial charge in [-0.25, -0.2) is 4.79 Å². The van der Waals surface area contributed by atoms with Gasteiger partial charge in [0.2, 0.25) is 5.78 Å². The van der Waals surface area contributed by atoms with Crippen LogP contribution >= 0.6 is 0 Å². The van der Waals surface area contributed by atoms with Crippen molar-refractivity contribution in [2.24, 2.45) is 0 Å². The van der Waals surface area contributed by atoms with Crippen LogP contribution in [0.1, 0.15) is 40.4 Å². The van der Waals surface area contributed by atoms with Crippen molar-refractivity contribution >= 4 is 17.8 Å². The number of carbonyl (C=O) groups excluding carboxylic acids is 2. The zero-order valence-corrected chi connectivity index (χ0v) is 15.9. The van der Waals surface area contributed by atoms with Gasteiger partial charge in [0.1, 0.15) is 17.4 Å². The second-order valence-corrected chi connectivity index (χ2v) is 6.69. The normalized spacial score (nSPS) is 14.0. The molecular formula is C23H21NO4. The number of carbonyl (C=O) groups is 2. The highest BCUT2D eigenvalue weighted by atomic mass is 16.5. The quantitative estimate of drug-likeness (QED) is 0.331. The van der Waals surface area contributed by atoms with E-state index in [-0.39, 0.29) is 11.4 Å². The first-order valence-electron chi connectivity index (χ1n) is 9.14. The number of methoxy groups -OCH3 is 1. The number of fused-ring (bicyclic) bond motifs is 1. The fraction of sp³-hybridized carbons (Fsp3) is 0.261. The molecule has 3 rings (SSSR count). The van der Waals surface area contributed by atoms with Crippen LogP contribution in [0.2, 0.25) is 0 Å². The second kappa shape index (κ2) is 8.53. The minimum atomic E-state index is -0.973. The van der Waals surface area contributed by atoms with Crippen molar-refractivity contribution in [1.82, 2.24) is 0 Å². The Kier molecular flexibility index (Phi) is 5.90. The van der Waals surface area contributed by atoms with Gasteiger partial charge in [0.15, 0.2) is 6.10 Å². The maximum absolute atomic E-state index is 12.6. The van der Waals surface area contributed by atoms with Gasteiger partial charge < -0.3 is 9.47 Å².